The van der Waals surface area contributed by atoms with Crippen LogP contribution in [0.15, 0.2) is 84.0 Å². The van der Waals surface area contributed by atoms with Crippen LogP contribution in [-0.2, 0) is 0 Å². The SMILES string of the molecule is CN(N=Cc1ccc2c(c1)C1CCCC1N2c1ccccc1)c1ccccc1. The Morgan fingerprint density at radius 1 is 0.929 bits per heavy atom. The zero-order valence-electron chi connectivity index (χ0n) is 16.2. The monoisotopic (exact) mass is 367 g/mol. The molecule has 2 atom stereocenters. The minimum absolute atomic E-state index is 0.594. The Morgan fingerprint density at radius 2 is 1.68 bits per heavy atom. The molecular formula is C25H25N3. The number of anilines is 3. The Balaban J connectivity index is 1.46. The van der Waals surface area contributed by atoms with Crippen LogP contribution in [0.25, 0.3) is 0 Å². The average molecular weight is 367 g/mol. The Morgan fingerprint density at radius 3 is 2.46 bits per heavy atom. The molecule has 0 amide bonds. The van der Waals surface area contributed by atoms with Gasteiger partial charge in [-0.15, -0.1) is 0 Å². The van der Waals surface area contributed by atoms with Crippen molar-refractivity contribution in [3.8, 4) is 0 Å². The van der Waals surface area contributed by atoms with E-state index < -0.39 is 0 Å². The first-order valence-electron chi connectivity index (χ1n) is 10.1. The number of hydrogen-bond donors (Lipinski definition) is 0. The number of rotatable bonds is 4. The van der Waals surface area contributed by atoms with E-state index >= 15 is 0 Å². The standard InChI is InChI=1S/C25H25N3/c1-27(20-9-4-2-5-10-20)26-18-19-15-16-25-23(17-19)22-13-8-14-24(22)28(25)21-11-6-3-7-12-21/h2-7,9-12,15-18,22,24H,8,13-14H2,1H3. The van der Waals surface area contributed by atoms with E-state index in [0.717, 1.165) is 5.69 Å². The maximum Gasteiger partial charge on any atom is 0.0590 e. The lowest BCUT2D eigenvalue weighted by Gasteiger charge is -2.27. The minimum atomic E-state index is 0.594. The third-order valence-electron chi connectivity index (χ3n) is 6.07. The van der Waals surface area contributed by atoms with E-state index in [2.05, 4.69) is 70.7 Å². The van der Waals surface area contributed by atoms with E-state index in [1.165, 1.54) is 41.8 Å². The fraction of sp³-hybridized carbons (Fsp3) is 0.240. The second-order valence-corrected chi connectivity index (χ2v) is 7.73. The Kier molecular flexibility index (Phi) is 4.36. The number of hydrazone groups is 1. The normalized spacial score (nSPS) is 20.4. The van der Waals surface area contributed by atoms with Crippen molar-refractivity contribution in [3.63, 3.8) is 0 Å². The number of hydrogen-bond acceptors (Lipinski definition) is 3. The van der Waals surface area contributed by atoms with Gasteiger partial charge in [0.1, 0.15) is 0 Å². The molecule has 3 heteroatoms. The molecule has 3 aromatic carbocycles. The third-order valence-corrected chi connectivity index (χ3v) is 6.07. The van der Waals surface area contributed by atoms with Gasteiger partial charge in [0.25, 0.3) is 0 Å². The molecule has 5 rings (SSSR count). The zero-order valence-corrected chi connectivity index (χ0v) is 16.2. The first-order valence-corrected chi connectivity index (χ1v) is 10.1. The van der Waals surface area contributed by atoms with E-state index in [4.69, 9.17) is 0 Å². The van der Waals surface area contributed by atoms with Gasteiger partial charge in [-0.1, -0.05) is 48.9 Å². The maximum absolute atomic E-state index is 4.65. The summed E-state index contributed by atoms with van der Waals surface area (Å²) in [7, 11) is 1.99. The van der Waals surface area contributed by atoms with Gasteiger partial charge in [-0.05, 0) is 60.4 Å². The van der Waals surface area contributed by atoms with Crippen LogP contribution in [0, 0.1) is 0 Å². The molecule has 0 radical (unpaired) electrons. The van der Waals surface area contributed by atoms with Gasteiger partial charge in [0.05, 0.1) is 11.9 Å². The molecule has 2 unspecified atom stereocenters. The zero-order chi connectivity index (χ0) is 18.9. The summed E-state index contributed by atoms with van der Waals surface area (Å²) in [6, 6.07) is 28.5. The molecule has 28 heavy (non-hydrogen) atoms. The molecule has 0 N–H and O–H groups in total. The molecule has 0 bridgehead atoms. The van der Waals surface area contributed by atoms with Crippen molar-refractivity contribution in [1.82, 2.24) is 0 Å². The molecule has 3 nitrogen and oxygen atoms in total. The number of fused-ring (bicyclic) bond motifs is 3. The predicted molar refractivity (Wildman–Crippen MR) is 118 cm³/mol. The second-order valence-electron chi connectivity index (χ2n) is 7.73. The first kappa shape index (κ1) is 17.1. The molecule has 1 aliphatic heterocycles. The summed E-state index contributed by atoms with van der Waals surface area (Å²) >= 11 is 0. The maximum atomic E-state index is 4.65. The van der Waals surface area contributed by atoms with Crippen molar-refractivity contribution >= 4 is 23.3 Å². The largest absolute Gasteiger partial charge is 0.338 e. The average Bonchev–Trinajstić information content (AvgIpc) is 3.34. The highest BCUT2D eigenvalue weighted by atomic mass is 15.4. The highest BCUT2D eigenvalue weighted by molar-refractivity contribution is 5.84. The van der Waals surface area contributed by atoms with E-state index in [1.54, 1.807) is 0 Å². The topological polar surface area (TPSA) is 18.8 Å². The quantitative estimate of drug-likeness (QED) is 0.419. The highest BCUT2D eigenvalue weighted by Crippen LogP contribution is 2.52. The van der Waals surface area contributed by atoms with Gasteiger partial charge in [-0.25, -0.2) is 0 Å². The van der Waals surface area contributed by atoms with Crippen LogP contribution in [0.2, 0.25) is 0 Å². The second kappa shape index (κ2) is 7.16. The van der Waals surface area contributed by atoms with Gasteiger partial charge < -0.3 is 4.90 Å². The molecule has 1 heterocycles. The van der Waals surface area contributed by atoms with Crippen molar-refractivity contribution in [2.45, 2.75) is 31.2 Å². The first-order chi connectivity index (χ1) is 13.8. The lowest BCUT2D eigenvalue weighted by Crippen LogP contribution is -2.26. The van der Waals surface area contributed by atoms with Crippen molar-refractivity contribution < 1.29 is 0 Å². The van der Waals surface area contributed by atoms with E-state index in [1.807, 2.05) is 36.5 Å². The third kappa shape index (κ3) is 2.97. The van der Waals surface area contributed by atoms with Gasteiger partial charge in [0.2, 0.25) is 0 Å². The minimum Gasteiger partial charge on any atom is -0.338 e. The fourth-order valence-electron chi connectivity index (χ4n) is 4.74. The Bertz CT molecular complexity index is 981. The molecule has 0 spiro atoms. The van der Waals surface area contributed by atoms with Crippen molar-refractivity contribution in [3.05, 3.63) is 90.0 Å². The molecule has 140 valence electrons. The molecule has 2 aliphatic rings. The Hall–Kier alpha value is -3.07. The van der Waals surface area contributed by atoms with Gasteiger partial charge >= 0.3 is 0 Å². The molecule has 1 aliphatic carbocycles. The predicted octanol–water partition coefficient (Wildman–Crippen LogP) is 5.94. The van der Waals surface area contributed by atoms with Crippen LogP contribution in [0.4, 0.5) is 17.1 Å². The summed E-state index contributed by atoms with van der Waals surface area (Å²) in [4.78, 5) is 2.56. The highest BCUT2D eigenvalue weighted by Gasteiger charge is 2.41. The summed E-state index contributed by atoms with van der Waals surface area (Å²) in [6.45, 7) is 0. The molecule has 3 aromatic rings. The van der Waals surface area contributed by atoms with Crippen LogP contribution in [-0.4, -0.2) is 19.3 Å². The molecule has 0 saturated heterocycles. The van der Waals surface area contributed by atoms with Crippen LogP contribution in [0.5, 0.6) is 0 Å². The summed E-state index contributed by atoms with van der Waals surface area (Å²) in [5.74, 6) is 0.635. The Labute approximate surface area is 166 Å². The number of nitrogens with zero attached hydrogens (tertiary/aromatic N) is 3. The van der Waals surface area contributed by atoms with Crippen molar-refractivity contribution in [2.24, 2.45) is 5.10 Å². The van der Waals surface area contributed by atoms with Gasteiger partial charge in [-0.2, -0.15) is 5.10 Å². The lowest BCUT2D eigenvalue weighted by atomic mass is 9.96. The van der Waals surface area contributed by atoms with Crippen molar-refractivity contribution in [2.75, 3.05) is 17.0 Å². The smallest absolute Gasteiger partial charge is 0.0590 e. The number of benzene rings is 3. The molecular weight excluding hydrogens is 342 g/mol. The molecule has 1 fully saturated rings. The van der Waals surface area contributed by atoms with Crippen LogP contribution < -0.4 is 9.91 Å². The van der Waals surface area contributed by atoms with Crippen LogP contribution >= 0.6 is 0 Å². The van der Waals surface area contributed by atoms with E-state index in [9.17, 15) is 0 Å². The van der Waals surface area contributed by atoms with Crippen LogP contribution in [0.1, 0.15) is 36.3 Å². The van der Waals surface area contributed by atoms with Gasteiger partial charge in [-0.3, -0.25) is 5.01 Å². The summed E-state index contributed by atoms with van der Waals surface area (Å²) in [5.41, 5.74) is 6.42. The van der Waals surface area contributed by atoms with E-state index in [0.29, 0.717) is 12.0 Å². The summed E-state index contributed by atoms with van der Waals surface area (Å²) in [5, 5.41) is 6.57. The fourth-order valence-corrected chi connectivity index (χ4v) is 4.74. The summed E-state index contributed by atoms with van der Waals surface area (Å²) < 4.78 is 0. The van der Waals surface area contributed by atoms with Crippen LogP contribution in [0.3, 0.4) is 0 Å². The summed E-state index contributed by atoms with van der Waals surface area (Å²) in [6.07, 6.45) is 5.84. The van der Waals surface area contributed by atoms with Gasteiger partial charge in [0, 0.05) is 30.4 Å². The van der Waals surface area contributed by atoms with Crippen molar-refractivity contribution in [1.29, 1.82) is 0 Å². The molecule has 0 aromatic heterocycles. The van der Waals surface area contributed by atoms with E-state index in [-0.39, 0.29) is 0 Å². The molecule has 1 saturated carbocycles. The van der Waals surface area contributed by atoms with Gasteiger partial charge in [0.15, 0.2) is 0 Å². The number of para-hydroxylation sites is 2. The lowest BCUT2D eigenvalue weighted by molar-refractivity contribution is 0.642.